The molecule has 6 nitrogen and oxygen atoms in total. The molecule has 1 N–H and O–H groups in total. The molecule has 1 spiro atoms. The average molecular weight is 366 g/mol. The first kappa shape index (κ1) is 16.8. The number of fused-ring (bicyclic) bond motifs is 2. The van der Waals surface area contributed by atoms with Crippen LogP contribution in [-0.2, 0) is 11.3 Å². The third kappa shape index (κ3) is 2.65. The van der Waals surface area contributed by atoms with Crippen LogP contribution in [0.2, 0.25) is 0 Å². The van der Waals surface area contributed by atoms with Crippen molar-refractivity contribution < 1.29 is 9.59 Å². The van der Waals surface area contributed by atoms with Gasteiger partial charge in [-0.05, 0) is 67.8 Å². The summed E-state index contributed by atoms with van der Waals surface area (Å²) in [5.41, 5.74) is 2.65. The molecule has 3 amide bonds. The second kappa shape index (κ2) is 6.09. The molecule has 3 saturated heterocycles. The number of carbonyl (C=O) groups excluding carboxylic acids is 2. The lowest BCUT2D eigenvalue weighted by molar-refractivity contribution is -0.128. The van der Waals surface area contributed by atoms with Gasteiger partial charge in [-0.25, -0.2) is 4.79 Å². The van der Waals surface area contributed by atoms with Crippen molar-refractivity contribution in [2.24, 2.45) is 5.41 Å². The zero-order valence-electron chi connectivity index (χ0n) is 15.8. The third-order valence-electron chi connectivity index (χ3n) is 6.79. The highest BCUT2D eigenvalue weighted by Gasteiger charge is 2.55. The van der Waals surface area contributed by atoms with Gasteiger partial charge in [-0.1, -0.05) is 12.1 Å². The zero-order valence-corrected chi connectivity index (χ0v) is 15.8. The Kier molecular flexibility index (Phi) is 3.79. The lowest BCUT2D eigenvalue weighted by Crippen LogP contribution is -2.43. The van der Waals surface area contributed by atoms with E-state index in [1.54, 1.807) is 0 Å². The van der Waals surface area contributed by atoms with Crippen LogP contribution in [0.3, 0.4) is 0 Å². The molecule has 1 aromatic heterocycles. The van der Waals surface area contributed by atoms with Crippen LogP contribution in [0.25, 0.3) is 10.9 Å². The maximum Gasteiger partial charge on any atom is 0.327 e. The van der Waals surface area contributed by atoms with Gasteiger partial charge in [0.25, 0.3) is 5.91 Å². The molecule has 142 valence electrons. The number of aromatic nitrogens is 1. The average Bonchev–Trinajstić information content (AvgIpc) is 3.33. The SMILES string of the molecule is CCN1C(=O)C2CC3(CCN(Cc4ccc5cc[nH]c5c4)CC3)CN2C1=O. The van der Waals surface area contributed by atoms with Crippen LogP contribution in [0.1, 0.15) is 31.7 Å². The molecule has 3 fully saturated rings. The molecule has 3 aliphatic heterocycles. The standard InChI is InChI=1S/C21H26N4O2/c1-2-24-19(26)18-12-21(14-25(18)20(24)27)6-9-23(10-7-21)13-15-3-4-16-5-8-22-17(16)11-15/h3-5,8,11,18,22H,2,6-7,9-10,12-14H2,1H3. The molecule has 1 unspecified atom stereocenters. The van der Waals surface area contributed by atoms with Crippen molar-refractivity contribution in [3.05, 3.63) is 36.0 Å². The Morgan fingerprint density at radius 3 is 2.74 bits per heavy atom. The van der Waals surface area contributed by atoms with Gasteiger partial charge in [0, 0.05) is 31.3 Å². The minimum Gasteiger partial charge on any atom is -0.361 e. The van der Waals surface area contributed by atoms with Crippen molar-refractivity contribution in [1.82, 2.24) is 19.7 Å². The van der Waals surface area contributed by atoms with E-state index in [4.69, 9.17) is 0 Å². The minimum atomic E-state index is -0.209. The Hall–Kier alpha value is -2.34. The van der Waals surface area contributed by atoms with Gasteiger partial charge in [0.2, 0.25) is 0 Å². The van der Waals surface area contributed by atoms with E-state index < -0.39 is 0 Å². The fourth-order valence-corrected chi connectivity index (χ4v) is 5.20. The van der Waals surface area contributed by atoms with Crippen molar-refractivity contribution in [2.45, 2.75) is 38.8 Å². The summed E-state index contributed by atoms with van der Waals surface area (Å²) in [6.45, 7) is 6.13. The molecule has 3 aliphatic rings. The summed E-state index contributed by atoms with van der Waals surface area (Å²) in [5.74, 6) is 0.0149. The number of imide groups is 1. The number of H-pyrrole nitrogens is 1. The first-order valence-corrected chi connectivity index (χ1v) is 9.99. The van der Waals surface area contributed by atoms with E-state index >= 15 is 0 Å². The number of benzene rings is 1. The lowest BCUT2D eigenvalue weighted by Gasteiger charge is -2.39. The van der Waals surface area contributed by atoms with Gasteiger partial charge in [0.05, 0.1) is 0 Å². The number of carbonyl (C=O) groups is 2. The normalized spacial score (nSPS) is 25.1. The van der Waals surface area contributed by atoms with Gasteiger partial charge in [0.15, 0.2) is 0 Å². The predicted molar refractivity (Wildman–Crippen MR) is 103 cm³/mol. The predicted octanol–water partition coefficient (Wildman–Crippen LogP) is 2.81. The summed E-state index contributed by atoms with van der Waals surface area (Å²) in [4.78, 5) is 34.0. The summed E-state index contributed by atoms with van der Waals surface area (Å²) >= 11 is 0. The number of hydrogen-bond donors (Lipinski definition) is 1. The summed E-state index contributed by atoms with van der Waals surface area (Å²) < 4.78 is 0. The summed E-state index contributed by atoms with van der Waals surface area (Å²) in [6.07, 6.45) is 4.96. The molecule has 6 heteroatoms. The molecule has 0 radical (unpaired) electrons. The summed E-state index contributed by atoms with van der Waals surface area (Å²) in [7, 11) is 0. The van der Waals surface area contributed by atoms with Crippen LogP contribution in [0.4, 0.5) is 4.79 Å². The molecule has 5 rings (SSSR count). The maximum atomic E-state index is 12.5. The Balaban J connectivity index is 1.23. The van der Waals surface area contributed by atoms with E-state index in [0.29, 0.717) is 6.54 Å². The number of nitrogens with one attached hydrogen (secondary N) is 1. The summed E-state index contributed by atoms with van der Waals surface area (Å²) in [6, 6.07) is 8.43. The van der Waals surface area contributed by atoms with Gasteiger partial charge in [-0.15, -0.1) is 0 Å². The molecule has 2 aromatic rings. The molecule has 4 heterocycles. The van der Waals surface area contributed by atoms with Crippen molar-refractivity contribution in [2.75, 3.05) is 26.2 Å². The van der Waals surface area contributed by atoms with Crippen LogP contribution in [0.5, 0.6) is 0 Å². The number of nitrogens with zero attached hydrogens (tertiary/aromatic N) is 3. The Morgan fingerprint density at radius 1 is 1.19 bits per heavy atom. The van der Waals surface area contributed by atoms with Gasteiger partial charge < -0.3 is 9.88 Å². The maximum absolute atomic E-state index is 12.5. The van der Waals surface area contributed by atoms with E-state index in [-0.39, 0.29) is 23.4 Å². The van der Waals surface area contributed by atoms with Gasteiger partial charge in [-0.2, -0.15) is 0 Å². The first-order valence-electron chi connectivity index (χ1n) is 9.99. The zero-order chi connectivity index (χ0) is 18.6. The number of rotatable bonds is 3. The van der Waals surface area contributed by atoms with E-state index in [9.17, 15) is 9.59 Å². The van der Waals surface area contributed by atoms with Crippen LogP contribution in [-0.4, -0.2) is 63.8 Å². The largest absolute Gasteiger partial charge is 0.361 e. The van der Waals surface area contributed by atoms with Crippen molar-refractivity contribution in [1.29, 1.82) is 0 Å². The number of amides is 3. The van der Waals surface area contributed by atoms with Crippen molar-refractivity contribution >= 4 is 22.8 Å². The molecule has 1 aromatic carbocycles. The van der Waals surface area contributed by atoms with Crippen LogP contribution in [0.15, 0.2) is 30.5 Å². The van der Waals surface area contributed by atoms with E-state index in [0.717, 1.165) is 45.4 Å². The van der Waals surface area contributed by atoms with Crippen LogP contribution in [0, 0.1) is 5.41 Å². The molecule has 0 aliphatic carbocycles. The molecule has 0 saturated carbocycles. The molecule has 27 heavy (non-hydrogen) atoms. The number of likely N-dealkylation sites (N-methyl/N-ethyl adjacent to an activating group) is 1. The fourth-order valence-electron chi connectivity index (χ4n) is 5.20. The molecular weight excluding hydrogens is 340 g/mol. The lowest BCUT2D eigenvalue weighted by atomic mass is 9.76. The van der Waals surface area contributed by atoms with Crippen molar-refractivity contribution in [3.63, 3.8) is 0 Å². The Morgan fingerprint density at radius 2 is 2.00 bits per heavy atom. The van der Waals surface area contributed by atoms with Gasteiger partial charge in [0.1, 0.15) is 6.04 Å². The molecule has 0 bridgehead atoms. The van der Waals surface area contributed by atoms with Crippen LogP contribution < -0.4 is 0 Å². The third-order valence-corrected chi connectivity index (χ3v) is 6.79. The summed E-state index contributed by atoms with van der Waals surface area (Å²) in [5, 5.41) is 1.25. The van der Waals surface area contributed by atoms with E-state index in [2.05, 4.69) is 34.1 Å². The topological polar surface area (TPSA) is 59.7 Å². The number of piperidine rings is 1. The second-order valence-corrected chi connectivity index (χ2v) is 8.39. The van der Waals surface area contributed by atoms with Crippen molar-refractivity contribution in [3.8, 4) is 0 Å². The van der Waals surface area contributed by atoms with E-state index in [1.807, 2.05) is 18.0 Å². The first-order chi connectivity index (χ1) is 13.1. The monoisotopic (exact) mass is 366 g/mol. The van der Waals surface area contributed by atoms with Crippen LogP contribution >= 0.6 is 0 Å². The number of urea groups is 1. The number of aromatic amines is 1. The minimum absolute atomic E-state index is 0.0149. The Bertz CT molecular complexity index is 870. The highest BCUT2D eigenvalue weighted by atomic mass is 16.2. The second-order valence-electron chi connectivity index (χ2n) is 8.39. The highest BCUT2D eigenvalue weighted by molar-refractivity contribution is 6.04. The van der Waals surface area contributed by atoms with Gasteiger partial charge in [-0.3, -0.25) is 14.6 Å². The molecular formula is C21H26N4O2. The molecule has 1 atom stereocenters. The number of likely N-dealkylation sites (tertiary alicyclic amines) is 1. The van der Waals surface area contributed by atoms with E-state index in [1.165, 1.54) is 21.4 Å². The fraction of sp³-hybridized carbons (Fsp3) is 0.524. The Labute approximate surface area is 159 Å². The number of hydrogen-bond acceptors (Lipinski definition) is 3. The smallest absolute Gasteiger partial charge is 0.327 e. The van der Waals surface area contributed by atoms with Gasteiger partial charge >= 0.3 is 6.03 Å². The quantitative estimate of drug-likeness (QED) is 0.850. The highest BCUT2D eigenvalue weighted by Crippen LogP contribution is 2.46.